The highest BCUT2D eigenvalue weighted by Gasteiger charge is 2.09. The predicted octanol–water partition coefficient (Wildman–Crippen LogP) is 2.42. The summed E-state index contributed by atoms with van der Waals surface area (Å²) in [5, 5.41) is 7.05. The Hall–Kier alpha value is -1.69. The van der Waals surface area contributed by atoms with Crippen LogP contribution in [-0.4, -0.2) is 25.1 Å². The van der Waals surface area contributed by atoms with E-state index in [-0.39, 0.29) is 0 Å². The molecule has 0 atom stereocenters. The maximum absolute atomic E-state index is 4.47. The molecule has 0 radical (unpaired) electrons. The molecule has 2 N–H and O–H groups in total. The molecule has 0 aliphatic carbocycles. The lowest BCUT2D eigenvalue weighted by Crippen LogP contribution is -1.79. The molecule has 0 aliphatic heterocycles. The van der Waals surface area contributed by atoms with Gasteiger partial charge in [0.05, 0.1) is 16.2 Å². The molecular formula is C10H8BrN5. The van der Waals surface area contributed by atoms with Gasteiger partial charge in [-0.15, -0.1) is 0 Å². The lowest BCUT2D eigenvalue weighted by atomic mass is 10.4. The number of aromatic nitrogens is 5. The Bertz CT molecular complexity index is 654. The molecule has 80 valence electrons. The van der Waals surface area contributed by atoms with Gasteiger partial charge in [0, 0.05) is 11.9 Å². The van der Waals surface area contributed by atoms with E-state index in [1.807, 2.05) is 13.0 Å². The molecule has 16 heavy (non-hydrogen) atoms. The van der Waals surface area contributed by atoms with Gasteiger partial charge < -0.3 is 4.98 Å². The van der Waals surface area contributed by atoms with Crippen LogP contribution in [0.4, 0.5) is 0 Å². The summed E-state index contributed by atoms with van der Waals surface area (Å²) in [4.78, 5) is 11.7. The molecule has 0 bridgehead atoms. The first-order valence-corrected chi connectivity index (χ1v) is 5.55. The van der Waals surface area contributed by atoms with E-state index in [1.165, 1.54) is 0 Å². The molecule has 0 spiro atoms. The van der Waals surface area contributed by atoms with E-state index in [0.29, 0.717) is 0 Å². The van der Waals surface area contributed by atoms with Crippen LogP contribution in [0, 0.1) is 6.92 Å². The summed E-state index contributed by atoms with van der Waals surface area (Å²) < 4.78 is 0.875. The molecular weight excluding hydrogens is 270 g/mol. The molecule has 0 amide bonds. The second-order valence-electron chi connectivity index (χ2n) is 3.54. The fourth-order valence-corrected chi connectivity index (χ4v) is 1.98. The van der Waals surface area contributed by atoms with E-state index in [2.05, 4.69) is 41.1 Å². The van der Waals surface area contributed by atoms with Crippen molar-refractivity contribution in [3.05, 3.63) is 28.6 Å². The minimum absolute atomic E-state index is 0.744. The zero-order chi connectivity index (χ0) is 11.1. The van der Waals surface area contributed by atoms with Crippen molar-refractivity contribution in [2.45, 2.75) is 6.92 Å². The van der Waals surface area contributed by atoms with Crippen molar-refractivity contribution in [1.29, 1.82) is 0 Å². The van der Waals surface area contributed by atoms with E-state index >= 15 is 0 Å². The highest BCUT2D eigenvalue weighted by atomic mass is 79.9. The molecule has 3 aromatic heterocycles. The Morgan fingerprint density at radius 3 is 2.88 bits per heavy atom. The first kappa shape index (κ1) is 9.53. The van der Waals surface area contributed by atoms with Gasteiger partial charge in [0.1, 0.15) is 11.2 Å². The highest BCUT2D eigenvalue weighted by Crippen LogP contribution is 2.23. The summed E-state index contributed by atoms with van der Waals surface area (Å²) in [6.07, 6.45) is 3.47. The Morgan fingerprint density at radius 2 is 2.19 bits per heavy atom. The number of halogens is 1. The minimum atomic E-state index is 0.744. The Morgan fingerprint density at radius 1 is 1.31 bits per heavy atom. The topological polar surface area (TPSA) is 70.2 Å². The molecule has 5 nitrogen and oxygen atoms in total. The van der Waals surface area contributed by atoms with Gasteiger partial charge in [-0.2, -0.15) is 5.10 Å². The van der Waals surface area contributed by atoms with Crippen molar-refractivity contribution >= 4 is 27.0 Å². The van der Waals surface area contributed by atoms with Gasteiger partial charge in [0.15, 0.2) is 5.82 Å². The van der Waals surface area contributed by atoms with Gasteiger partial charge >= 0.3 is 0 Å². The second-order valence-corrected chi connectivity index (χ2v) is 4.39. The van der Waals surface area contributed by atoms with E-state index in [0.717, 1.165) is 32.7 Å². The van der Waals surface area contributed by atoms with Gasteiger partial charge in [-0.25, -0.2) is 4.98 Å². The van der Waals surface area contributed by atoms with Crippen molar-refractivity contribution in [2.24, 2.45) is 0 Å². The van der Waals surface area contributed by atoms with E-state index in [1.54, 1.807) is 12.4 Å². The van der Waals surface area contributed by atoms with Crippen LogP contribution in [0.1, 0.15) is 5.69 Å². The maximum Gasteiger partial charge on any atom is 0.159 e. The van der Waals surface area contributed by atoms with Gasteiger partial charge in [-0.3, -0.25) is 10.1 Å². The standard InChI is InChI=1S/C10H8BrN5/c1-5-2-7(16-15-5)10-13-8-4-12-3-6(11)9(8)14-10/h2-4H,1H3,(H,13,14)(H,15,16). The van der Waals surface area contributed by atoms with Crippen molar-refractivity contribution in [3.63, 3.8) is 0 Å². The fourth-order valence-electron chi connectivity index (χ4n) is 1.56. The third-order valence-corrected chi connectivity index (χ3v) is 2.88. The van der Waals surface area contributed by atoms with Gasteiger partial charge in [-0.05, 0) is 28.9 Å². The Balaban J connectivity index is 2.22. The first-order valence-electron chi connectivity index (χ1n) is 4.75. The number of pyridine rings is 1. The summed E-state index contributed by atoms with van der Waals surface area (Å²) in [6, 6.07) is 1.94. The van der Waals surface area contributed by atoms with Crippen LogP contribution in [0.2, 0.25) is 0 Å². The Kier molecular flexibility index (Phi) is 2.03. The number of aryl methyl sites for hydroxylation is 1. The average molecular weight is 278 g/mol. The molecule has 0 unspecified atom stereocenters. The van der Waals surface area contributed by atoms with Crippen LogP contribution < -0.4 is 0 Å². The average Bonchev–Trinajstić information content (AvgIpc) is 2.84. The molecule has 3 rings (SSSR count). The largest absolute Gasteiger partial charge is 0.335 e. The summed E-state index contributed by atoms with van der Waals surface area (Å²) in [6.45, 7) is 1.95. The van der Waals surface area contributed by atoms with Gasteiger partial charge in [-0.1, -0.05) is 0 Å². The van der Waals surface area contributed by atoms with Crippen molar-refractivity contribution in [1.82, 2.24) is 25.1 Å². The quantitative estimate of drug-likeness (QED) is 0.718. The summed E-state index contributed by atoms with van der Waals surface area (Å²) in [5.41, 5.74) is 3.57. The second kappa shape index (κ2) is 3.41. The zero-order valence-corrected chi connectivity index (χ0v) is 10.0. The van der Waals surface area contributed by atoms with Crippen molar-refractivity contribution < 1.29 is 0 Å². The monoisotopic (exact) mass is 277 g/mol. The predicted molar refractivity (Wildman–Crippen MR) is 63.9 cm³/mol. The van der Waals surface area contributed by atoms with Crippen LogP contribution in [0.25, 0.3) is 22.6 Å². The minimum Gasteiger partial charge on any atom is -0.335 e. The number of fused-ring (bicyclic) bond motifs is 1. The lowest BCUT2D eigenvalue weighted by molar-refractivity contribution is 1.04. The summed E-state index contributed by atoms with van der Waals surface area (Å²) >= 11 is 3.41. The number of hydrogen-bond donors (Lipinski definition) is 2. The smallest absolute Gasteiger partial charge is 0.159 e. The summed E-state index contributed by atoms with van der Waals surface area (Å²) in [7, 11) is 0. The molecule has 0 saturated heterocycles. The Labute approximate surface area is 99.4 Å². The highest BCUT2D eigenvalue weighted by molar-refractivity contribution is 9.10. The number of imidazole rings is 1. The maximum atomic E-state index is 4.47. The third kappa shape index (κ3) is 1.42. The zero-order valence-electron chi connectivity index (χ0n) is 8.45. The van der Waals surface area contributed by atoms with Gasteiger partial charge in [0.2, 0.25) is 0 Å². The van der Waals surface area contributed by atoms with E-state index in [4.69, 9.17) is 0 Å². The molecule has 6 heteroatoms. The fraction of sp³-hybridized carbons (Fsp3) is 0.100. The summed E-state index contributed by atoms with van der Waals surface area (Å²) in [5.74, 6) is 0.744. The van der Waals surface area contributed by atoms with Crippen LogP contribution in [-0.2, 0) is 0 Å². The number of aromatic amines is 2. The molecule has 3 aromatic rings. The number of rotatable bonds is 1. The van der Waals surface area contributed by atoms with Crippen LogP contribution in [0.15, 0.2) is 22.9 Å². The number of H-pyrrole nitrogens is 2. The van der Waals surface area contributed by atoms with E-state index in [9.17, 15) is 0 Å². The van der Waals surface area contributed by atoms with Gasteiger partial charge in [0.25, 0.3) is 0 Å². The molecule has 0 aromatic carbocycles. The number of hydrogen-bond acceptors (Lipinski definition) is 3. The molecule has 0 fully saturated rings. The van der Waals surface area contributed by atoms with Crippen LogP contribution >= 0.6 is 15.9 Å². The normalized spacial score (nSPS) is 11.1. The number of nitrogens with zero attached hydrogens (tertiary/aromatic N) is 3. The molecule has 0 aliphatic rings. The lowest BCUT2D eigenvalue weighted by Gasteiger charge is -1.87. The first-order chi connectivity index (χ1) is 7.74. The molecule has 3 heterocycles. The third-order valence-electron chi connectivity index (χ3n) is 2.30. The van der Waals surface area contributed by atoms with E-state index < -0.39 is 0 Å². The van der Waals surface area contributed by atoms with Crippen LogP contribution in [0.3, 0.4) is 0 Å². The molecule has 0 saturated carbocycles. The number of nitrogens with one attached hydrogen (secondary N) is 2. The van der Waals surface area contributed by atoms with Crippen molar-refractivity contribution in [2.75, 3.05) is 0 Å². The van der Waals surface area contributed by atoms with Crippen molar-refractivity contribution in [3.8, 4) is 11.5 Å². The van der Waals surface area contributed by atoms with Crippen LogP contribution in [0.5, 0.6) is 0 Å². The SMILES string of the molecule is Cc1cc(-c2nc3c(Br)cncc3[nH]2)n[nH]1.